The molecule has 1 fully saturated rings. The van der Waals surface area contributed by atoms with Crippen molar-refractivity contribution in [3.05, 3.63) is 58.5 Å². The number of hydrogen-bond donors (Lipinski definition) is 1. The summed E-state index contributed by atoms with van der Waals surface area (Å²) < 4.78 is 32.0. The molecular formula is C28H32BrF2N7O. The van der Waals surface area contributed by atoms with Crippen LogP contribution < -0.4 is 5.73 Å². The summed E-state index contributed by atoms with van der Waals surface area (Å²) in [4.78, 5) is 20.4. The lowest BCUT2D eigenvalue weighted by Gasteiger charge is -2.35. The van der Waals surface area contributed by atoms with Gasteiger partial charge in [0, 0.05) is 30.6 Å². The van der Waals surface area contributed by atoms with Crippen LogP contribution in [0.25, 0.3) is 22.3 Å². The SMILES string of the molecule is CC(C)n1c(C2CCCN(C(=O)CC(C)(C)n3cc(-c4cc(F)c(Br)c(F)c4N)nn3)C2)nc2ccccc21. The van der Waals surface area contributed by atoms with E-state index in [0.29, 0.717) is 13.1 Å². The molecule has 8 nitrogen and oxygen atoms in total. The molecule has 1 amide bonds. The van der Waals surface area contributed by atoms with Crippen molar-refractivity contribution in [3.8, 4) is 11.3 Å². The Morgan fingerprint density at radius 1 is 1.26 bits per heavy atom. The Bertz CT molecular complexity index is 1540. The summed E-state index contributed by atoms with van der Waals surface area (Å²) in [5, 5.41) is 8.27. The van der Waals surface area contributed by atoms with Crippen molar-refractivity contribution in [2.45, 2.75) is 64.5 Å². The summed E-state index contributed by atoms with van der Waals surface area (Å²) >= 11 is 2.86. The number of nitrogens with two attached hydrogens (primary N) is 1. The zero-order valence-electron chi connectivity index (χ0n) is 22.5. The molecule has 2 aromatic carbocycles. The van der Waals surface area contributed by atoms with Gasteiger partial charge in [0.15, 0.2) is 5.82 Å². The predicted molar refractivity (Wildman–Crippen MR) is 150 cm³/mol. The molecule has 11 heteroatoms. The molecule has 1 saturated heterocycles. The van der Waals surface area contributed by atoms with Crippen molar-refractivity contribution >= 4 is 38.6 Å². The van der Waals surface area contributed by atoms with Gasteiger partial charge in [0.25, 0.3) is 0 Å². The van der Waals surface area contributed by atoms with E-state index in [1.54, 1.807) is 10.9 Å². The van der Waals surface area contributed by atoms with E-state index < -0.39 is 17.2 Å². The minimum absolute atomic E-state index is 0.00852. The van der Waals surface area contributed by atoms with Crippen LogP contribution in [0.15, 0.2) is 41.0 Å². The van der Waals surface area contributed by atoms with Crippen LogP contribution in [0.5, 0.6) is 0 Å². The van der Waals surface area contributed by atoms with Crippen molar-refractivity contribution in [1.82, 2.24) is 29.4 Å². The van der Waals surface area contributed by atoms with Gasteiger partial charge in [0.1, 0.15) is 17.3 Å². The fraction of sp³-hybridized carbons (Fsp3) is 0.429. The highest BCUT2D eigenvalue weighted by Crippen LogP contribution is 2.35. The summed E-state index contributed by atoms with van der Waals surface area (Å²) in [5.41, 5.74) is 7.33. The van der Waals surface area contributed by atoms with Crippen molar-refractivity contribution in [3.63, 3.8) is 0 Å². The number of para-hydroxylation sites is 2. The zero-order valence-corrected chi connectivity index (χ0v) is 24.0. The molecule has 0 aliphatic carbocycles. The number of likely N-dealkylation sites (tertiary alicyclic amines) is 1. The number of piperidine rings is 1. The highest BCUT2D eigenvalue weighted by atomic mass is 79.9. The predicted octanol–water partition coefficient (Wildman–Crippen LogP) is 6.03. The standard InChI is InChI=1S/C28H32BrF2N7O/c1-16(2)38-22-10-6-5-9-20(22)33-27(38)17-8-7-11-36(14-17)23(39)13-28(3,4)37-15-21(34-35-37)18-12-19(30)24(29)25(31)26(18)32/h5-6,9-10,12,15-17H,7-8,11,13-14,32H2,1-4H3. The van der Waals surface area contributed by atoms with E-state index in [9.17, 15) is 13.6 Å². The van der Waals surface area contributed by atoms with Crippen LogP contribution in [0, 0.1) is 11.6 Å². The zero-order chi connectivity index (χ0) is 28.1. The molecular weight excluding hydrogens is 568 g/mol. The maximum Gasteiger partial charge on any atom is 0.225 e. The molecule has 0 bridgehead atoms. The highest BCUT2D eigenvalue weighted by Gasteiger charge is 2.33. The van der Waals surface area contributed by atoms with Crippen molar-refractivity contribution in [2.24, 2.45) is 0 Å². The van der Waals surface area contributed by atoms with E-state index in [1.165, 1.54) is 0 Å². The van der Waals surface area contributed by atoms with Gasteiger partial charge in [-0.1, -0.05) is 17.3 Å². The summed E-state index contributed by atoms with van der Waals surface area (Å²) in [6, 6.07) is 9.52. The van der Waals surface area contributed by atoms with Gasteiger partial charge in [0.2, 0.25) is 5.91 Å². The summed E-state index contributed by atoms with van der Waals surface area (Å²) in [6.07, 6.45) is 3.61. The van der Waals surface area contributed by atoms with Crippen LogP contribution in [-0.2, 0) is 10.3 Å². The topological polar surface area (TPSA) is 94.9 Å². The molecule has 1 unspecified atom stereocenters. The first-order chi connectivity index (χ1) is 18.5. The second-order valence-electron chi connectivity index (χ2n) is 11.1. The number of amides is 1. The van der Waals surface area contributed by atoms with Gasteiger partial charge in [-0.15, -0.1) is 5.10 Å². The van der Waals surface area contributed by atoms with Crippen LogP contribution in [0.2, 0.25) is 0 Å². The summed E-state index contributed by atoms with van der Waals surface area (Å²) in [7, 11) is 0. The lowest BCUT2D eigenvalue weighted by Crippen LogP contribution is -2.43. The molecule has 2 aromatic heterocycles. The molecule has 1 atom stereocenters. The molecule has 0 spiro atoms. The monoisotopic (exact) mass is 599 g/mol. The average molecular weight is 601 g/mol. The van der Waals surface area contributed by atoms with Gasteiger partial charge in [-0.2, -0.15) is 0 Å². The van der Waals surface area contributed by atoms with E-state index in [1.807, 2.05) is 36.9 Å². The van der Waals surface area contributed by atoms with Gasteiger partial charge in [-0.05, 0) is 74.7 Å². The lowest BCUT2D eigenvalue weighted by molar-refractivity contribution is -0.134. The van der Waals surface area contributed by atoms with E-state index in [-0.39, 0.29) is 45.7 Å². The maximum absolute atomic E-state index is 14.3. The quantitative estimate of drug-likeness (QED) is 0.216. The fourth-order valence-corrected chi connectivity index (χ4v) is 5.70. The number of halogens is 3. The molecule has 1 aliphatic heterocycles. The lowest BCUT2D eigenvalue weighted by atomic mass is 9.94. The second kappa shape index (κ2) is 10.3. The van der Waals surface area contributed by atoms with E-state index >= 15 is 0 Å². The number of rotatable bonds is 6. The Labute approximate surface area is 234 Å². The minimum Gasteiger partial charge on any atom is -0.396 e. The number of nitrogen functional groups attached to an aromatic ring is 1. The smallest absolute Gasteiger partial charge is 0.225 e. The number of anilines is 1. The maximum atomic E-state index is 14.3. The van der Waals surface area contributed by atoms with Gasteiger partial charge < -0.3 is 15.2 Å². The number of benzene rings is 2. The van der Waals surface area contributed by atoms with Crippen molar-refractivity contribution < 1.29 is 13.6 Å². The third-order valence-electron chi connectivity index (χ3n) is 7.45. The van der Waals surface area contributed by atoms with E-state index in [0.717, 1.165) is 35.8 Å². The number of carbonyl (C=O) groups is 1. The van der Waals surface area contributed by atoms with Gasteiger partial charge >= 0.3 is 0 Å². The molecule has 1 aliphatic rings. The number of nitrogens with zero attached hydrogens (tertiary/aromatic N) is 6. The van der Waals surface area contributed by atoms with Crippen molar-refractivity contribution in [2.75, 3.05) is 18.8 Å². The van der Waals surface area contributed by atoms with Crippen LogP contribution in [0.3, 0.4) is 0 Å². The number of carbonyl (C=O) groups excluding carboxylic acids is 1. The van der Waals surface area contributed by atoms with Crippen molar-refractivity contribution in [1.29, 1.82) is 0 Å². The first kappa shape index (κ1) is 27.2. The third kappa shape index (κ3) is 5.04. The number of aromatic nitrogens is 5. The number of hydrogen-bond acceptors (Lipinski definition) is 5. The van der Waals surface area contributed by atoms with Gasteiger partial charge in [0.05, 0.1) is 39.4 Å². The van der Waals surface area contributed by atoms with Gasteiger partial charge in [-0.25, -0.2) is 18.4 Å². The highest BCUT2D eigenvalue weighted by molar-refractivity contribution is 9.10. The number of imidazole rings is 1. The first-order valence-corrected chi connectivity index (χ1v) is 13.9. The molecule has 0 saturated carbocycles. The molecule has 0 radical (unpaired) electrons. The molecule has 39 heavy (non-hydrogen) atoms. The minimum atomic E-state index is -0.889. The van der Waals surface area contributed by atoms with Gasteiger partial charge in [-0.3, -0.25) is 4.79 Å². The van der Waals surface area contributed by atoms with Crippen LogP contribution in [0.4, 0.5) is 14.5 Å². The van der Waals surface area contributed by atoms with E-state index in [4.69, 9.17) is 10.7 Å². The first-order valence-electron chi connectivity index (χ1n) is 13.1. The summed E-state index contributed by atoms with van der Waals surface area (Å²) in [6.45, 7) is 9.36. The molecule has 2 N–H and O–H groups in total. The van der Waals surface area contributed by atoms with E-state index in [2.05, 4.69) is 50.7 Å². The second-order valence-corrected chi connectivity index (χ2v) is 11.9. The fourth-order valence-electron chi connectivity index (χ4n) is 5.38. The normalized spacial score (nSPS) is 16.4. The average Bonchev–Trinajstić information content (AvgIpc) is 3.55. The van der Waals surface area contributed by atoms with Crippen LogP contribution in [-0.4, -0.2) is 48.4 Å². The van der Waals surface area contributed by atoms with Crippen LogP contribution in [0.1, 0.15) is 64.7 Å². The Kier molecular flexibility index (Phi) is 7.21. The number of fused-ring (bicyclic) bond motifs is 1. The third-order valence-corrected chi connectivity index (χ3v) is 8.18. The molecule has 5 rings (SSSR count). The molecule has 3 heterocycles. The largest absolute Gasteiger partial charge is 0.396 e. The Morgan fingerprint density at radius 3 is 2.74 bits per heavy atom. The Balaban J connectivity index is 1.34. The van der Waals surface area contributed by atoms with Crippen LogP contribution >= 0.6 is 15.9 Å². The molecule has 4 aromatic rings. The molecule has 206 valence electrons. The summed E-state index contributed by atoms with van der Waals surface area (Å²) in [5.74, 6) is -0.501. The Morgan fingerprint density at radius 2 is 2.00 bits per heavy atom. The Hall–Kier alpha value is -3.34.